The summed E-state index contributed by atoms with van der Waals surface area (Å²) in [6.07, 6.45) is 8.49. The molecular weight excluding hydrogens is 330 g/mol. The summed E-state index contributed by atoms with van der Waals surface area (Å²) in [5.41, 5.74) is 1.39. The summed E-state index contributed by atoms with van der Waals surface area (Å²) in [7, 11) is 1.59. The average molecular weight is 353 g/mol. The van der Waals surface area contributed by atoms with Crippen LogP contribution in [-0.2, 0) is 0 Å². The average Bonchev–Trinajstić information content (AvgIpc) is 2.69. The standard InChI is InChI=1S/C20H23N3O3/c1-26-18-9-7-17(8-10-18)23-20(25)15-11-14(12-21-13-15)19(24)22-16-5-3-2-4-6-16/h7-13,16H,2-6H2,1H3,(H,22,24)(H,23,25). The smallest absolute Gasteiger partial charge is 0.257 e. The lowest BCUT2D eigenvalue weighted by atomic mass is 9.95. The van der Waals surface area contributed by atoms with E-state index in [0.29, 0.717) is 22.6 Å². The lowest BCUT2D eigenvalue weighted by Crippen LogP contribution is -2.36. The topological polar surface area (TPSA) is 80.3 Å². The van der Waals surface area contributed by atoms with Gasteiger partial charge in [-0.25, -0.2) is 0 Å². The molecule has 2 N–H and O–H groups in total. The summed E-state index contributed by atoms with van der Waals surface area (Å²) in [5, 5.41) is 5.83. The third-order valence-electron chi connectivity index (χ3n) is 4.55. The molecule has 3 rings (SSSR count). The molecule has 0 atom stereocenters. The number of nitrogens with one attached hydrogen (secondary N) is 2. The Morgan fingerprint density at radius 1 is 1.00 bits per heavy atom. The zero-order chi connectivity index (χ0) is 18.4. The number of methoxy groups -OCH3 is 1. The third-order valence-corrected chi connectivity index (χ3v) is 4.55. The van der Waals surface area contributed by atoms with Gasteiger partial charge in [0.15, 0.2) is 0 Å². The molecule has 26 heavy (non-hydrogen) atoms. The molecule has 6 heteroatoms. The normalized spacial score (nSPS) is 14.5. The molecule has 0 saturated heterocycles. The van der Waals surface area contributed by atoms with Crippen molar-refractivity contribution in [3.63, 3.8) is 0 Å². The van der Waals surface area contributed by atoms with Crippen molar-refractivity contribution < 1.29 is 14.3 Å². The van der Waals surface area contributed by atoms with Gasteiger partial charge in [0.1, 0.15) is 5.75 Å². The lowest BCUT2D eigenvalue weighted by Gasteiger charge is -2.22. The molecular formula is C20H23N3O3. The van der Waals surface area contributed by atoms with Crippen molar-refractivity contribution in [3.8, 4) is 5.75 Å². The van der Waals surface area contributed by atoms with Gasteiger partial charge in [0.25, 0.3) is 11.8 Å². The van der Waals surface area contributed by atoms with Crippen molar-refractivity contribution in [2.75, 3.05) is 12.4 Å². The highest BCUT2D eigenvalue weighted by molar-refractivity contribution is 6.05. The fourth-order valence-corrected chi connectivity index (χ4v) is 3.08. The predicted octanol–water partition coefficient (Wildman–Crippen LogP) is 3.41. The van der Waals surface area contributed by atoms with Crippen LogP contribution in [0.4, 0.5) is 5.69 Å². The number of rotatable bonds is 5. The molecule has 136 valence electrons. The maximum Gasteiger partial charge on any atom is 0.257 e. The number of anilines is 1. The molecule has 1 aromatic heterocycles. The van der Waals surface area contributed by atoms with Crippen LogP contribution in [-0.4, -0.2) is 29.9 Å². The van der Waals surface area contributed by atoms with Gasteiger partial charge >= 0.3 is 0 Å². The van der Waals surface area contributed by atoms with Gasteiger partial charge in [0.2, 0.25) is 0 Å². The molecule has 0 radical (unpaired) electrons. The van der Waals surface area contributed by atoms with Crippen LogP contribution < -0.4 is 15.4 Å². The zero-order valence-corrected chi connectivity index (χ0v) is 14.8. The quantitative estimate of drug-likeness (QED) is 0.863. The molecule has 1 fully saturated rings. The van der Waals surface area contributed by atoms with Crippen LogP contribution in [0.3, 0.4) is 0 Å². The van der Waals surface area contributed by atoms with Crippen LogP contribution in [0.25, 0.3) is 0 Å². The number of aromatic nitrogens is 1. The molecule has 6 nitrogen and oxygen atoms in total. The number of pyridine rings is 1. The summed E-state index contributed by atoms with van der Waals surface area (Å²) in [4.78, 5) is 28.9. The minimum atomic E-state index is -0.310. The minimum absolute atomic E-state index is 0.177. The van der Waals surface area contributed by atoms with E-state index in [1.54, 1.807) is 37.4 Å². The highest BCUT2D eigenvalue weighted by atomic mass is 16.5. The fourth-order valence-electron chi connectivity index (χ4n) is 3.08. The molecule has 1 aliphatic carbocycles. The first-order valence-corrected chi connectivity index (χ1v) is 8.87. The highest BCUT2D eigenvalue weighted by Gasteiger charge is 2.18. The Morgan fingerprint density at radius 3 is 2.31 bits per heavy atom. The highest BCUT2D eigenvalue weighted by Crippen LogP contribution is 2.18. The third kappa shape index (κ3) is 4.59. The molecule has 0 bridgehead atoms. The Bertz CT molecular complexity index is 768. The largest absolute Gasteiger partial charge is 0.497 e. The molecule has 0 aliphatic heterocycles. The van der Waals surface area contributed by atoms with Gasteiger partial charge in [-0.3, -0.25) is 14.6 Å². The summed E-state index contributed by atoms with van der Waals surface area (Å²) >= 11 is 0. The Kier molecular flexibility index (Phi) is 5.84. The van der Waals surface area contributed by atoms with Crippen molar-refractivity contribution in [2.24, 2.45) is 0 Å². The van der Waals surface area contributed by atoms with Gasteiger partial charge in [-0.15, -0.1) is 0 Å². The molecule has 1 saturated carbocycles. The molecule has 1 aliphatic rings. The first-order chi connectivity index (χ1) is 12.7. The summed E-state index contributed by atoms with van der Waals surface area (Å²) in [5.74, 6) is 0.226. The van der Waals surface area contributed by atoms with Gasteiger partial charge < -0.3 is 15.4 Å². The zero-order valence-electron chi connectivity index (χ0n) is 14.8. The molecule has 0 spiro atoms. The van der Waals surface area contributed by atoms with E-state index < -0.39 is 0 Å². The fraction of sp³-hybridized carbons (Fsp3) is 0.350. The molecule has 1 heterocycles. The minimum Gasteiger partial charge on any atom is -0.497 e. The number of hydrogen-bond acceptors (Lipinski definition) is 4. The number of ether oxygens (including phenoxy) is 1. The maximum absolute atomic E-state index is 12.4. The van der Waals surface area contributed by atoms with E-state index in [1.165, 1.54) is 18.8 Å². The number of carbonyl (C=O) groups is 2. The van der Waals surface area contributed by atoms with E-state index in [0.717, 1.165) is 25.7 Å². The van der Waals surface area contributed by atoms with Gasteiger partial charge in [0.05, 0.1) is 18.2 Å². The first-order valence-electron chi connectivity index (χ1n) is 8.87. The number of hydrogen-bond donors (Lipinski definition) is 2. The van der Waals surface area contributed by atoms with Crippen molar-refractivity contribution in [1.29, 1.82) is 0 Å². The predicted molar refractivity (Wildman–Crippen MR) is 99.5 cm³/mol. The van der Waals surface area contributed by atoms with E-state index >= 15 is 0 Å². The Balaban J connectivity index is 1.65. The van der Waals surface area contributed by atoms with Crippen LogP contribution in [0.2, 0.25) is 0 Å². The summed E-state index contributed by atoms with van der Waals surface area (Å²) in [6, 6.07) is 8.83. The number of amides is 2. The second-order valence-corrected chi connectivity index (χ2v) is 6.45. The van der Waals surface area contributed by atoms with Gasteiger partial charge in [-0.1, -0.05) is 19.3 Å². The maximum atomic E-state index is 12.4. The van der Waals surface area contributed by atoms with Gasteiger partial charge in [0, 0.05) is 24.1 Å². The molecule has 2 aromatic rings. The number of nitrogens with zero attached hydrogens (tertiary/aromatic N) is 1. The van der Waals surface area contributed by atoms with E-state index in [2.05, 4.69) is 15.6 Å². The van der Waals surface area contributed by atoms with E-state index in [1.807, 2.05) is 0 Å². The summed E-state index contributed by atoms with van der Waals surface area (Å²) in [6.45, 7) is 0. The Hall–Kier alpha value is -2.89. The van der Waals surface area contributed by atoms with Gasteiger partial charge in [-0.2, -0.15) is 0 Å². The Labute approximate surface area is 153 Å². The van der Waals surface area contributed by atoms with Crippen molar-refractivity contribution in [1.82, 2.24) is 10.3 Å². The monoisotopic (exact) mass is 353 g/mol. The van der Waals surface area contributed by atoms with Crippen LogP contribution in [0.5, 0.6) is 5.75 Å². The lowest BCUT2D eigenvalue weighted by molar-refractivity contribution is 0.0927. The van der Waals surface area contributed by atoms with Crippen LogP contribution >= 0.6 is 0 Å². The van der Waals surface area contributed by atoms with Crippen molar-refractivity contribution in [3.05, 3.63) is 53.9 Å². The molecule has 0 unspecified atom stereocenters. The van der Waals surface area contributed by atoms with E-state index in [4.69, 9.17) is 4.74 Å². The van der Waals surface area contributed by atoms with Crippen LogP contribution in [0.1, 0.15) is 52.8 Å². The van der Waals surface area contributed by atoms with Crippen molar-refractivity contribution in [2.45, 2.75) is 38.1 Å². The van der Waals surface area contributed by atoms with Crippen molar-refractivity contribution >= 4 is 17.5 Å². The number of carbonyl (C=O) groups excluding carboxylic acids is 2. The van der Waals surface area contributed by atoms with Crippen LogP contribution in [0, 0.1) is 0 Å². The number of benzene rings is 1. The van der Waals surface area contributed by atoms with Gasteiger partial charge in [-0.05, 0) is 43.2 Å². The second kappa shape index (κ2) is 8.47. The first kappa shape index (κ1) is 17.9. The van der Waals surface area contributed by atoms with E-state index in [-0.39, 0.29) is 17.9 Å². The SMILES string of the molecule is COc1ccc(NC(=O)c2cncc(C(=O)NC3CCCCC3)c2)cc1. The summed E-state index contributed by atoms with van der Waals surface area (Å²) < 4.78 is 5.10. The second-order valence-electron chi connectivity index (χ2n) is 6.45. The Morgan fingerprint density at radius 2 is 1.65 bits per heavy atom. The van der Waals surface area contributed by atoms with E-state index in [9.17, 15) is 9.59 Å². The molecule has 2 amide bonds. The van der Waals surface area contributed by atoms with Crippen LogP contribution in [0.15, 0.2) is 42.7 Å². The molecule has 1 aromatic carbocycles.